The summed E-state index contributed by atoms with van der Waals surface area (Å²) in [5.41, 5.74) is 9.00. The average Bonchev–Trinajstić information content (AvgIpc) is 2.09. The van der Waals surface area contributed by atoms with Gasteiger partial charge in [0, 0.05) is 28.0 Å². The third-order valence-corrected chi connectivity index (χ3v) is 2.70. The Labute approximate surface area is 68.9 Å². The van der Waals surface area contributed by atoms with Crippen LogP contribution in [0.3, 0.4) is 0 Å². The van der Waals surface area contributed by atoms with Crippen LogP contribution in [0.15, 0.2) is 4.47 Å². The van der Waals surface area contributed by atoms with Gasteiger partial charge < -0.3 is 10.7 Å². The normalized spacial score (nSPS) is 10.4. The predicted molar refractivity (Wildman–Crippen MR) is 45.9 cm³/mol. The molecule has 0 bridgehead atoms. The maximum atomic E-state index is 5.51. The summed E-state index contributed by atoms with van der Waals surface area (Å²) in [4.78, 5) is 3.20. The standard InChI is InChI=1S/C7H11BrN2/c1-4-6(3-9)7(8)5(2)10-4/h10H,3,9H2,1-2H3. The lowest BCUT2D eigenvalue weighted by atomic mass is 10.2. The smallest absolute Gasteiger partial charge is 0.0427 e. The van der Waals surface area contributed by atoms with E-state index in [4.69, 9.17) is 5.73 Å². The first kappa shape index (κ1) is 7.82. The summed E-state index contributed by atoms with van der Waals surface area (Å²) >= 11 is 3.45. The van der Waals surface area contributed by atoms with Crippen molar-refractivity contribution in [2.24, 2.45) is 5.73 Å². The number of rotatable bonds is 1. The molecule has 1 aromatic heterocycles. The van der Waals surface area contributed by atoms with Gasteiger partial charge in [-0.1, -0.05) is 0 Å². The second-order valence-electron chi connectivity index (χ2n) is 2.37. The molecule has 0 aromatic carbocycles. The van der Waals surface area contributed by atoms with Crippen LogP contribution < -0.4 is 5.73 Å². The summed E-state index contributed by atoms with van der Waals surface area (Å²) in [5, 5.41) is 0. The van der Waals surface area contributed by atoms with Gasteiger partial charge in [0.2, 0.25) is 0 Å². The maximum absolute atomic E-state index is 5.51. The van der Waals surface area contributed by atoms with Gasteiger partial charge in [-0.15, -0.1) is 0 Å². The van der Waals surface area contributed by atoms with Crippen LogP contribution in [-0.2, 0) is 6.54 Å². The first-order valence-corrected chi connectivity index (χ1v) is 3.99. The highest BCUT2D eigenvalue weighted by Gasteiger charge is 2.06. The molecular weight excluding hydrogens is 192 g/mol. The summed E-state index contributed by atoms with van der Waals surface area (Å²) in [5.74, 6) is 0. The predicted octanol–water partition coefficient (Wildman–Crippen LogP) is 1.85. The lowest BCUT2D eigenvalue weighted by Gasteiger charge is -1.93. The lowest BCUT2D eigenvalue weighted by Crippen LogP contribution is -1.96. The van der Waals surface area contributed by atoms with E-state index in [1.165, 1.54) is 5.56 Å². The molecule has 10 heavy (non-hydrogen) atoms. The highest BCUT2D eigenvalue weighted by molar-refractivity contribution is 9.10. The molecule has 0 unspecified atom stereocenters. The Kier molecular flexibility index (Phi) is 2.16. The number of nitrogens with one attached hydrogen (secondary N) is 1. The minimum Gasteiger partial charge on any atom is -0.361 e. The molecule has 3 N–H and O–H groups in total. The van der Waals surface area contributed by atoms with Gasteiger partial charge in [0.05, 0.1) is 0 Å². The Morgan fingerprint density at radius 1 is 1.40 bits per heavy atom. The monoisotopic (exact) mass is 202 g/mol. The third kappa shape index (κ3) is 1.11. The van der Waals surface area contributed by atoms with E-state index in [0.717, 1.165) is 15.9 Å². The summed E-state index contributed by atoms with van der Waals surface area (Å²) in [7, 11) is 0. The van der Waals surface area contributed by atoms with Crippen LogP contribution in [0, 0.1) is 13.8 Å². The molecule has 0 aliphatic carbocycles. The third-order valence-electron chi connectivity index (χ3n) is 1.63. The molecule has 1 aromatic rings. The van der Waals surface area contributed by atoms with Crippen LogP contribution in [0.1, 0.15) is 17.0 Å². The molecule has 0 fully saturated rings. The van der Waals surface area contributed by atoms with Crippen molar-refractivity contribution in [3.8, 4) is 0 Å². The molecule has 0 spiro atoms. The number of hydrogen-bond acceptors (Lipinski definition) is 1. The minimum atomic E-state index is 0.594. The zero-order valence-corrected chi connectivity index (χ0v) is 7.75. The van der Waals surface area contributed by atoms with E-state index < -0.39 is 0 Å². The number of aromatic nitrogens is 1. The SMILES string of the molecule is Cc1[nH]c(C)c(CN)c1Br. The van der Waals surface area contributed by atoms with Gasteiger partial charge in [0.15, 0.2) is 0 Å². The van der Waals surface area contributed by atoms with Gasteiger partial charge in [0.1, 0.15) is 0 Å². The largest absolute Gasteiger partial charge is 0.361 e. The number of aromatic amines is 1. The quantitative estimate of drug-likeness (QED) is 0.718. The Hall–Kier alpha value is -0.280. The molecule has 2 nitrogen and oxygen atoms in total. The first-order chi connectivity index (χ1) is 4.66. The van der Waals surface area contributed by atoms with Gasteiger partial charge >= 0.3 is 0 Å². The van der Waals surface area contributed by atoms with Crippen LogP contribution in [0.5, 0.6) is 0 Å². The van der Waals surface area contributed by atoms with E-state index in [9.17, 15) is 0 Å². The second kappa shape index (κ2) is 2.76. The molecular formula is C7H11BrN2. The number of nitrogens with two attached hydrogens (primary N) is 1. The van der Waals surface area contributed by atoms with Gasteiger partial charge in [-0.2, -0.15) is 0 Å². The second-order valence-corrected chi connectivity index (χ2v) is 3.16. The molecule has 0 amide bonds. The van der Waals surface area contributed by atoms with Crippen LogP contribution in [0.25, 0.3) is 0 Å². The number of halogens is 1. The summed E-state index contributed by atoms with van der Waals surface area (Å²) in [6.45, 7) is 4.65. The molecule has 1 heterocycles. The number of hydrogen-bond donors (Lipinski definition) is 2. The van der Waals surface area contributed by atoms with Crippen LogP contribution in [-0.4, -0.2) is 4.98 Å². The van der Waals surface area contributed by atoms with Crippen LogP contribution in [0.2, 0.25) is 0 Å². The molecule has 0 atom stereocenters. The van der Waals surface area contributed by atoms with Gasteiger partial charge in [-0.05, 0) is 29.8 Å². The minimum absolute atomic E-state index is 0.594. The van der Waals surface area contributed by atoms with Crippen molar-refractivity contribution in [1.29, 1.82) is 0 Å². The summed E-state index contributed by atoms with van der Waals surface area (Å²) < 4.78 is 1.12. The van der Waals surface area contributed by atoms with Crippen molar-refractivity contribution in [3.05, 3.63) is 21.4 Å². The molecule has 1 rings (SSSR count). The van der Waals surface area contributed by atoms with E-state index in [1.807, 2.05) is 13.8 Å². The van der Waals surface area contributed by atoms with Crippen LogP contribution >= 0.6 is 15.9 Å². The average molecular weight is 203 g/mol. The number of aryl methyl sites for hydroxylation is 2. The first-order valence-electron chi connectivity index (χ1n) is 3.20. The zero-order chi connectivity index (χ0) is 7.72. The zero-order valence-electron chi connectivity index (χ0n) is 6.16. The molecule has 0 radical (unpaired) electrons. The Bertz CT molecular complexity index is 240. The van der Waals surface area contributed by atoms with Crippen molar-refractivity contribution in [2.45, 2.75) is 20.4 Å². The summed E-state index contributed by atoms with van der Waals surface area (Å²) in [6, 6.07) is 0. The topological polar surface area (TPSA) is 41.8 Å². The fourth-order valence-electron chi connectivity index (χ4n) is 1.05. The lowest BCUT2D eigenvalue weighted by molar-refractivity contribution is 1.04. The Balaban J connectivity index is 3.20. The van der Waals surface area contributed by atoms with Crippen molar-refractivity contribution in [2.75, 3.05) is 0 Å². The molecule has 0 saturated heterocycles. The number of H-pyrrole nitrogens is 1. The Morgan fingerprint density at radius 3 is 2.20 bits per heavy atom. The summed E-state index contributed by atoms with van der Waals surface area (Å²) in [6.07, 6.45) is 0. The van der Waals surface area contributed by atoms with Gasteiger partial charge in [-0.3, -0.25) is 0 Å². The van der Waals surface area contributed by atoms with E-state index >= 15 is 0 Å². The highest BCUT2D eigenvalue weighted by Crippen LogP contribution is 2.23. The fourth-order valence-corrected chi connectivity index (χ4v) is 1.60. The van der Waals surface area contributed by atoms with Gasteiger partial charge in [-0.25, -0.2) is 0 Å². The molecule has 3 heteroatoms. The van der Waals surface area contributed by atoms with Crippen molar-refractivity contribution < 1.29 is 0 Å². The van der Waals surface area contributed by atoms with Crippen LogP contribution in [0.4, 0.5) is 0 Å². The van der Waals surface area contributed by atoms with E-state index in [-0.39, 0.29) is 0 Å². The van der Waals surface area contributed by atoms with E-state index in [1.54, 1.807) is 0 Å². The Morgan fingerprint density at radius 2 is 2.00 bits per heavy atom. The molecule has 0 saturated carbocycles. The molecule has 0 aliphatic heterocycles. The van der Waals surface area contributed by atoms with Gasteiger partial charge in [0.25, 0.3) is 0 Å². The molecule has 0 aliphatic rings. The van der Waals surface area contributed by atoms with Crippen molar-refractivity contribution in [3.63, 3.8) is 0 Å². The van der Waals surface area contributed by atoms with E-state index in [2.05, 4.69) is 20.9 Å². The van der Waals surface area contributed by atoms with Crippen molar-refractivity contribution >= 4 is 15.9 Å². The van der Waals surface area contributed by atoms with E-state index in [0.29, 0.717) is 6.54 Å². The maximum Gasteiger partial charge on any atom is 0.0427 e. The van der Waals surface area contributed by atoms with Crippen molar-refractivity contribution in [1.82, 2.24) is 4.98 Å². The highest BCUT2D eigenvalue weighted by atomic mass is 79.9. The fraction of sp³-hybridized carbons (Fsp3) is 0.429. The molecule has 56 valence electrons.